The van der Waals surface area contributed by atoms with Gasteiger partial charge in [0.25, 0.3) is 0 Å². The molecule has 0 aliphatic rings. The summed E-state index contributed by atoms with van der Waals surface area (Å²) in [6.45, 7) is 4.17. The number of hydrogen-bond donors (Lipinski definition) is 1. The molecule has 0 saturated carbocycles. The van der Waals surface area contributed by atoms with E-state index in [4.69, 9.17) is 10.5 Å². The zero-order valence-corrected chi connectivity index (χ0v) is 11.9. The van der Waals surface area contributed by atoms with E-state index in [1.54, 1.807) is 12.1 Å². The van der Waals surface area contributed by atoms with Crippen LogP contribution >= 0.6 is 0 Å². The number of ether oxygens (including phenoxy) is 1. The third-order valence-corrected chi connectivity index (χ3v) is 3.17. The molecule has 0 aliphatic heterocycles. The highest BCUT2D eigenvalue weighted by atomic mass is 19.1. The highest BCUT2D eigenvalue weighted by molar-refractivity contribution is 5.41. The molecule has 2 N–H and O–H groups in total. The maximum Gasteiger partial charge on any atom is 0.129 e. The minimum atomic E-state index is -0.241. The zero-order valence-electron chi connectivity index (χ0n) is 11.9. The summed E-state index contributed by atoms with van der Waals surface area (Å²) in [4.78, 5) is 0. The van der Waals surface area contributed by atoms with Crippen LogP contribution in [0.5, 0.6) is 5.75 Å². The normalized spacial score (nSPS) is 12.2. The lowest BCUT2D eigenvalue weighted by Crippen LogP contribution is -2.18. The maximum atomic E-state index is 13.6. The number of benzene rings is 2. The Morgan fingerprint density at radius 1 is 1.10 bits per heavy atom. The van der Waals surface area contributed by atoms with Crippen LogP contribution in [0.25, 0.3) is 0 Å². The Balaban J connectivity index is 2.18. The molecule has 3 heteroatoms. The molecule has 2 aromatic rings. The van der Waals surface area contributed by atoms with Crippen LogP contribution in [-0.4, -0.2) is 6.04 Å². The highest BCUT2D eigenvalue weighted by Crippen LogP contribution is 2.25. The molecule has 0 heterocycles. The molecule has 0 radical (unpaired) electrons. The van der Waals surface area contributed by atoms with Gasteiger partial charge in [-0.25, -0.2) is 4.39 Å². The number of aryl methyl sites for hydroxylation is 1. The Labute approximate surface area is 119 Å². The van der Waals surface area contributed by atoms with Crippen LogP contribution in [0.3, 0.4) is 0 Å². The van der Waals surface area contributed by atoms with E-state index < -0.39 is 0 Å². The lowest BCUT2D eigenvalue weighted by atomic mass is 10.0. The van der Waals surface area contributed by atoms with Gasteiger partial charge in [-0.3, -0.25) is 0 Å². The standard InChI is InChI=1S/C17H20FNO/c1-12-6-5-8-14(10-13(2)19)17(12)20-11-15-7-3-4-9-16(15)18/h3-9,13H,10-11,19H2,1-2H3. The molecule has 0 spiro atoms. The topological polar surface area (TPSA) is 35.2 Å². The van der Waals surface area contributed by atoms with Crippen molar-refractivity contribution in [3.05, 3.63) is 65.0 Å². The average Bonchev–Trinajstić information content (AvgIpc) is 2.39. The van der Waals surface area contributed by atoms with E-state index in [0.29, 0.717) is 5.56 Å². The fourth-order valence-electron chi connectivity index (χ4n) is 2.19. The van der Waals surface area contributed by atoms with Crippen molar-refractivity contribution in [3.8, 4) is 5.75 Å². The van der Waals surface area contributed by atoms with Crippen LogP contribution in [0, 0.1) is 12.7 Å². The van der Waals surface area contributed by atoms with Crippen LogP contribution in [0.2, 0.25) is 0 Å². The van der Waals surface area contributed by atoms with Gasteiger partial charge in [0, 0.05) is 11.6 Å². The zero-order chi connectivity index (χ0) is 14.5. The molecule has 0 aromatic heterocycles. The third-order valence-electron chi connectivity index (χ3n) is 3.17. The van der Waals surface area contributed by atoms with Crippen molar-refractivity contribution in [1.82, 2.24) is 0 Å². The summed E-state index contributed by atoms with van der Waals surface area (Å²) >= 11 is 0. The summed E-state index contributed by atoms with van der Waals surface area (Å²) in [5, 5.41) is 0. The van der Waals surface area contributed by atoms with Gasteiger partial charge in [0.15, 0.2) is 0 Å². The molecule has 2 nitrogen and oxygen atoms in total. The molecular weight excluding hydrogens is 253 g/mol. The lowest BCUT2D eigenvalue weighted by Gasteiger charge is -2.15. The lowest BCUT2D eigenvalue weighted by molar-refractivity contribution is 0.294. The summed E-state index contributed by atoms with van der Waals surface area (Å²) in [7, 11) is 0. The van der Waals surface area contributed by atoms with Crippen molar-refractivity contribution in [1.29, 1.82) is 0 Å². The van der Waals surface area contributed by atoms with Gasteiger partial charge in [0.05, 0.1) is 0 Å². The van der Waals surface area contributed by atoms with E-state index in [-0.39, 0.29) is 18.5 Å². The van der Waals surface area contributed by atoms with E-state index in [1.165, 1.54) is 6.07 Å². The first-order valence-electron chi connectivity index (χ1n) is 6.78. The molecule has 20 heavy (non-hydrogen) atoms. The van der Waals surface area contributed by atoms with E-state index in [9.17, 15) is 4.39 Å². The molecular formula is C17H20FNO. The predicted octanol–water partition coefficient (Wildman–Crippen LogP) is 3.60. The Bertz CT molecular complexity index is 581. The summed E-state index contributed by atoms with van der Waals surface area (Å²) in [5.41, 5.74) is 8.52. The van der Waals surface area contributed by atoms with Crippen molar-refractivity contribution in [3.63, 3.8) is 0 Å². The molecule has 2 rings (SSSR count). The van der Waals surface area contributed by atoms with Crippen molar-refractivity contribution < 1.29 is 9.13 Å². The number of rotatable bonds is 5. The third kappa shape index (κ3) is 3.58. The van der Waals surface area contributed by atoms with Gasteiger partial charge in [-0.2, -0.15) is 0 Å². The molecule has 0 saturated heterocycles. The van der Waals surface area contributed by atoms with Gasteiger partial charge in [-0.15, -0.1) is 0 Å². The van der Waals surface area contributed by atoms with Gasteiger partial charge in [0.1, 0.15) is 18.2 Å². The molecule has 0 fully saturated rings. The van der Waals surface area contributed by atoms with Crippen LogP contribution in [-0.2, 0) is 13.0 Å². The summed E-state index contributed by atoms with van der Waals surface area (Å²) in [6, 6.07) is 12.7. The minimum Gasteiger partial charge on any atom is -0.488 e. The predicted molar refractivity (Wildman–Crippen MR) is 79.3 cm³/mol. The van der Waals surface area contributed by atoms with Crippen molar-refractivity contribution in [2.24, 2.45) is 5.73 Å². The fraction of sp³-hybridized carbons (Fsp3) is 0.294. The van der Waals surface area contributed by atoms with Gasteiger partial charge in [-0.05, 0) is 37.5 Å². The Morgan fingerprint density at radius 2 is 1.80 bits per heavy atom. The number of halogens is 1. The fourth-order valence-corrected chi connectivity index (χ4v) is 2.19. The Morgan fingerprint density at radius 3 is 2.50 bits per heavy atom. The highest BCUT2D eigenvalue weighted by Gasteiger charge is 2.10. The summed E-state index contributed by atoms with van der Waals surface area (Å²) in [5.74, 6) is 0.572. The van der Waals surface area contributed by atoms with E-state index in [0.717, 1.165) is 23.3 Å². The minimum absolute atomic E-state index is 0.0626. The Hall–Kier alpha value is -1.87. The quantitative estimate of drug-likeness (QED) is 0.903. The van der Waals surface area contributed by atoms with Crippen LogP contribution < -0.4 is 10.5 Å². The maximum absolute atomic E-state index is 13.6. The molecule has 1 atom stereocenters. The van der Waals surface area contributed by atoms with Gasteiger partial charge in [-0.1, -0.05) is 36.4 Å². The monoisotopic (exact) mass is 273 g/mol. The largest absolute Gasteiger partial charge is 0.488 e. The second-order valence-corrected chi connectivity index (χ2v) is 5.12. The first-order valence-corrected chi connectivity index (χ1v) is 6.78. The van der Waals surface area contributed by atoms with E-state index >= 15 is 0 Å². The van der Waals surface area contributed by atoms with Gasteiger partial charge >= 0.3 is 0 Å². The van der Waals surface area contributed by atoms with Crippen molar-refractivity contribution >= 4 is 0 Å². The molecule has 0 amide bonds. The molecule has 106 valence electrons. The van der Waals surface area contributed by atoms with Crippen molar-refractivity contribution in [2.45, 2.75) is 32.9 Å². The van der Waals surface area contributed by atoms with Crippen LogP contribution in [0.1, 0.15) is 23.6 Å². The second-order valence-electron chi connectivity index (χ2n) is 5.12. The Kier molecular flexibility index (Phi) is 4.74. The van der Waals surface area contributed by atoms with E-state index in [1.807, 2.05) is 38.1 Å². The number of nitrogens with two attached hydrogens (primary N) is 1. The molecule has 1 unspecified atom stereocenters. The number of para-hydroxylation sites is 1. The average molecular weight is 273 g/mol. The van der Waals surface area contributed by atoms with Crippen molar-refractivity contribution in [2.75, 3.05) is 0 Å². The summed E-state index contributed by atoms with van der Waals surface area (Å²) in [6.07, 6.45) is 0.744. The first-order chi connectivity index (χ1) is 9.58. The van der Waals surface area contributed by atoms with Crippen LogP contribution in [0.15, 0.2) is 42.5 Å². The second kappa shape index (κ2) is 6.53. The van der Waals surface area contributed by atoms with E-state index in [2.05, 4.69) is 0 Å². The molecule has 2 aromatic carbocycles. The SMILES string of the molecule is Cc1cccc(CC(C)N)c1OCc1ccccc1F. The summed E-state index contributed by atoms with van der Waals surface area (Å²) < 4.78 is 19.4. The van der Waals surface area contributed by atoms with Gasteiger partial charge in [0.2, 0.25) is 0 Å². The first kappa shape index (κ1) is 14.5. The number of hydrogen-bond acceptors (Lipinski definition) is 2. The smallest absolute Gasteiger partial charge is 0.129 e. The molecule has 0 bridgehead atoms. The van der Waals surface area contributed by atoms with Crippen LogP contribution in [0.4, 0.5) is 4.39 Å². The molecule has 0 aliphatic carbocycles. The van der Waals surface area contributed by atoms with Gasteiger partial charge < -0.3 is 10.5 Å².